The van der Waals surface area contributed by atoms with Gasteiger partial charge in [-0.15, -0.1) is 0 Å². The van der Waals surface area contributed by atoms with Crippen LogP contribution in [0, 0.1) is 24.0 Å². The lowest BCUT2D eigenvalue weighted by atomic mass is 10.1. The number of benzene rings is 2. The lowest BCUT2D eigenvalue weighted by molar-refractivity contribution is -0.385. The summed E-state index contributed by atoms with van der Waals surface area (Å²) in [5.41, 5.74) is 2.36. The zero-order valence-corrected chi connectivity index (χ0v) is 13.2. The largest absolute Gasteiger partial charge is 0.477 e. The molecule has 0 unspecified atom stereocenters. The van der Waals surface area contributed by atoms with E-state index in [1.807, 2.05) is 32.0 Å². The fraction of sp³-hybridized carbons (Fsp3) is 0.176. The van der Waals surface area contributed by atoms with E-state index in [-0.39, 0.29) is 23.6 Å². The van der Waals surface area contributed by atoms with Crippen LogP contribution in [0.2, 0.25) is 0 Å². The monoisotopic (exact) mass is 328 g/mol. The topological polar surface area (TPSA) is 98.5 Å². The fourth-order valence-electron chi connectivity index (χ4n) is 2.07. The van der Waals surface area contributed by atoms with Crippen molar-refractivity contribution in [3.8, 4) is 5.75 Å². The lowest BCUT2D eigenvalue weighted by Gasteiger charge is -2.10. The number of rotatable bonds is 6. The van der Waals surface area contributed by atoms with Gasteiger partial charge in [0.05, 0.1) is 4.92 Å². The van der Waals surface area contributed by atoms with Gasteiger partial charge in [-0.25, -0.2) is 0 Å². The molecule has 7 nitrogen and oxygen atoms in total. The Labute approximate surface area is 138 Å². The second-order valence-electron chi connectivity index (χ2n) is 5.26. The van der Waals surface area contributed by atoms with E-state index in [2.05, 4.69) is 5.32 Å². The van der Waals surface area contributed by atoms with Crippen molar-refractivity contribution < 1.29 is 19.2 Å². The van der Waals surface area contributed by atoms with Crippen LogP contribution in [-0.4, -0.2) is 23.7 Å². The van der Waals surface area contributed by atoms with Gasteiger partial charge in [0.2, 0.25) is 0 Å². The molecule has 2 rings (SSSR count). The Kier molecular flexibility index (Phi) is 5.26. The number of hydrogen-bond acceptors (Lipinski definition) is 5. The van der Waals surface area contributed by atoms with E-state index in [1.54, 1.807) is 0 Å². The molecule has 0 aromatic heterocycles. The second kappa shape index (κ2) is 7.36. The van der Waals surface area contributed by atoms with Gasteiger partial charge in [-0.1, -0.05) is 12.1 Å². The van der Waals surface area contributed by atoms with Crippen molar-refractivity contribution in [2.24, 2.45) is 0 Å². The number of aryl methyl sites for hydroxylation is 2. The van der Waals surface area contributed by atoms with Gasteiger partial charge in [-0.3, -0.25) is 19.7 Å². The van der Waals surface area contributed by atoms with E-state index in [9.17, 15) is 19.7 Å². The average Bonchev–Trinajstić information content (AvgIpc) is 2.56. The second-order valence-corrected chi connectivity index (χ2v) is 5.26. The Bertz CT molecular complexity index is 802. The highest BCUT2D eigenvalue weighted by Gasteiger charge is 2.17. The third-order valence-corrected chi connectivity index (χ3v) is 3.34. The molecular formula is C17H16N2O5. The summed E-state index contributed by atoms with van der Waals surface area (Å²) < 4.78 is 5.23. The summed E-state index contributed by atoms with van der Waals surface area (Å²) in [6, 6.07) is 9.43. The molecule has 0 aliphatic heterocycles. The Balaban J connectivity index is 2.07. The predicted molar refractivity (Wildman–Crippen MR) is 88.5 cm³/mol. The first-order valence-electron chi connectivity index (χ1n) is 7.14. The molecule has 0 heterocycles. The molecule has 2 aromatic carbocycles. The normalized spacial score (nSPS) is 10.1. The highest BCUT2D eigenvalue weighted by Crippen LogP contribution is 2.27. The molecule has 1 amide bonds. The molecule has 0 aliphatic rings. The quantitative estimate of drug-likeness (QED) is 0.499. The molecule has 124 valence electrons. The van der Waals surface area contributed by atoms with Crippen LogP contribution in [0.15, 0.2) is 36.4 Å². The Morgan fingerprint density at radius 2 is 2.00 bits per heavy atom. The molecule has 24 heavy (non-hydrogen) atoms. The van der Waals surface area contributed by atoms with Gasteiger partial charge in [0.25, 0.3) is 5.91 Å². The van der Waals surface area contributed by atoms with Crippen LogP contribution in [0.1, 0.15) is 21.5 Å². The van der Waals surface area contributed by atoms with Crippen molar-refractivity contribution in [3.63, 3.8) is 0 Å². The number of nitrogens with zero attached hydrogens (tertiary/aromatic N) is 1. The van der Waals surface area contributed by atoms with Crippen molar-refractivity contribution >= 4 is 23.6 Å². The van der Waals surface area contributed by atoms with Crippen LogP contribution in [-0.2, 0) is 4.79 Å². The number of aldehydes is 1. The van der Waals surface area contributed by atoms with Crippen LogP contribution in [0.4, 0.5) is 11.4 Å². The number of nitro benzene ring substituents is 1. The van der Waals surface area contributed by atoms with E-state index in [0.29, 0.717) is 12.0 Å². The van der Waals surface area contributed by atoms with E-state index < -0.39 is 10.8 Å². The molecule has 0 atom stereocenters. The molecule has 0 saturated carbocycles. The molecule has 0 fully saturated rings. The number of nitro groups is 1. The van der Waals surface area contributed by atoms with Crippen LogP contribution < -0.4 is 10.1 Å². The Hall–Kier alpha value is -3.22. The number of nitrogens with one attached hydrogen (secondary N) is 1. The van der Waals surface area contributed by atoms with Crippen molar-refractivity contribution in [1.82, 2.24) is 0 Å². The molecule has 0 saturated heterocycles. The summed E-state index contributed by atoms with van der Waals surface area (Å²) in [5.74, 6) is -0.501. The Morgan fingerprint density at radius 3 is 2.67 bits per heavy atom. The first-order chi connectivity index (χ1) is 11.4. The zero-order valence-electron chi connectivity index (χ0n) is 13.2. The lowest BCUT2D eigenvalue weighted by Crippen LogP contribution is -2.21. The van der Waals surface area contributed by atoms with Gasteiger partial charge in [-0.05, 0) is 43.2 Å². The summed E-state index contributed by atoms with van der Waals surface area (Å²) >= 11 is 0. The van der Waals surface area contributed by atoms with Crippen molar-refractivity contribution in [2.75, 3.05) is 11.9 Å². The third-order valence-electron chi connectivity index (χ3n) is 3.34. The minimum Gasteiger partial charge on any atom is -0.477 e. The predicted octanol–water partition coefficient (Wildman–Crippen LogP) is 3.04. The van der Waals surface area contributed by atoms with E-state index in [1.165, 1.54) is 12.1 Å². The maximum Gasteiger partial charge on any atom is 0.311 e. The fourth-order valence-corrected chi connectivity index (χ4v) is 2.07. The third kappa shape index (κ3) is 4.16. The summed E-state index contributed by atoms with van der Waals surface area (Å²) in [6.45, 7) is 3.39. The van der Waals surface area contributed by atoms with Gasteiger partial charge in [0.15, 0.2) is 12.4 Å². The van der Waals surface area contributed by atoms with Crippen molar-refractivity contribution in [1.29, 1.82) is 0 Å². The minimum absolute atomic E-state index is 0.0679. The minimum atomic E-state index is -0.662. The number of ether oxygens (including phenoxy) is 1. The number of anilines is 1. The van der Waals surface area contributed by atoms with E-state index >= 15 is 0 Å². The first kappa shape index (κ1) is 17.1. The Morgan fingerprint density at radius 1 is 1.25 bits per heavy atom. The smallest absolute Gasteiger partial charge is 0.311 e. The van der Waals surface area contributed by atoms with Crippen molar-refractivity contribution in [2.45, 2.75) is 13.8 Å². The SMILES string of the molecule is Cc1ccc(C)c(NC(=O)COc2ccc(C=O)cc2[N+](=O)[O-])c1. The van der Waals surface area contributed by atoms with Crippen LogP contribution in [0.25, 0.3) is 0 Å². The van der Waals surface area contributed by atoms with Gasteiger partial charge < -0.3 is 10.1 Å². The molecule has 7 heteroatoms. The molecule has 0 aliphatic carbocycles. The summed E-state index contributed by atoms with van der Waals surface area (Å²) in [6.07, 6.45) is 0.504. The summed E-state index contributed by atoms with van der Waals surface area (Å²) in [5, 5.41) is 13.7. The van der Waals surface area contributed by atoms with Crippen molar-refractivity contribution in [3.05, 3.63) is 63.2 Å². The van der Waals surface area contributed by atoms with Gasteiger partial charge in [-0.2, -0.15) is 0 Å². The van der Waals surface area contributed by atoms with E-state index in [4.69, 9.17) is 4.74 Å². The number of carbonyl (C=O) groups is 2. The molecule has 2 aromatic rings. The maximum atomic E-state index is 12.0. The standard InChI is InChI=1S/C17H16N2O5/c1-11-3-4-12(2)14(7-11)18-17(21)10-24-16-6-5-13(9-20)8-15(16)19(22)23/h3-9H,10H2,1-2H3,(H,18,21). The summed E-state index contributed by atoms with van der Waals surface area (Å²) in [4.78, 5) is 33.0. The molecule has 0 spiro atoms. The average molecular weight is 328 g/mol. The van der Waals surface area contributed by atoms with Crippen LogP contribution >= 0.6 is 0 Å². The number of amides is 1. The number of carbonyl (C=O) groups excluding carboxylic acids is 2. The van der Waals surface area contributed by atoms with E-state index in [0.717, 1.165) is 17.2 Å². The zero-order chi connectivity index (χ0) is 17.7. The van der Waals surface area contributed by atoms with Gasteiger partial charge in [0.1, 0.15) is 6.29 Å². The highest BCUT2D eigenvalue weighted by molar-refractivity contribution is 5.92. The van der Waals surface area contributed by atoms with Gasteiger partial charge in [0, 0.05) is 17.3 Å². The molecular weight excluding hydrogens is 312 g/mol. The van der Waals surface area contributed by atoms with Gasteiger partial charge >= 0.3 is 5.69 Å². The summed E-state index contributed by atoms with van der Waals surface area (Å²) in [7, 11) is 0. The maximum absolute atomic E-state index is 12.0. The molecule has 0 bridgehead atoms. The molecule has 0 radical (unpaired) electrons. The van der Waals surface area contributed by atoms with Crippen LogP contribution in [0.3, 0.4) is 0 Å². The van der Waals surface area contributed by atoms with Crippen LogP contribution in [0.5, 0.6) is 5.75 Å². The molecule has 1 N–H and O–H groups in total. The highest BCUT2D eigenvalue weighted by atomic mass is 16.6. The number of hydrogen-bond donors (Lipinski definition) is 1. The first-order valence-corrected chi connectivity index (χ1v) is 7.14.